The molecule has 2 nitrogen and oxygen atoms in total. The fourth-order valence-corrected chi connectivity index (χ4v) is 2.64. The van der Waals surface area contributed by atoms with Crippen molar-refractivity contribution in [3.63, 3.8) is 0 Å². The molecule has 2 aromatic rings. The van der Waals surface area contributed by atoms with Crippen LogP contribution < -0.4 is 0 Å². The van der Waals surface area contributed by atoms with Gasteiger partial charge in [0.25, 0.3) is 5.91 Å². The van der Waals surface area contributed by atoms with E-state index in [-0.39, 0.29) is 11.5 Å². The molecular weight excluding hydrogens is 285 g/mol. The highest BCUT2D eigenvalue weighted by atomic mass is 35.5. The van der Waals surface area contributed by atoms with E-state index in [1.54, 1.807) is 16.2 Å². The monoisotopic (exact) mass is 297 g/mol. The number of carbonyl (C=O) groups is 1. The van der Waals surface area contributed by atoms with E-state index in [4.69, 9.17) is 11.6 Å². The summed E-state index contributed by atoms with van der Waals surface area (Å²) in [5.74, 6) is -0.880. The summed E-state index contributed by atoms with van der Waals surface area (Å²) in [6.45, 7) is 2.87. The predicted molar refractivity (Wildman–Crippen MR) is 76.1 cm³/mol. The average molecular weight is 298 g/mol. The number of hydrogen-bond acceptors (Lipinski definition) is 2. The Bertz CT molecular complexity index is 571. The largest absolute Gasteiger partial charge is 0.334 e. The Kier molecular flexibility index (Phi) is 4.56. The molecule has 0 unspecified atom stereocenters. The zero-order valence-electron chi connectivity index (χ0n) is 10.4. The van der Waals surface area contributed by atoms with Crippen molar-refractivity contribution < 1.29 is 9.18 Å². The predicted octanol–water partition coefficient (Wildman–Crippen LogP) is 4.20. The molecule has 1 aromatic carbocycles. The number of halogens is 2. The van der Waals surface area contributed by atoms with Crippen molar-refractivity contribution >= 4 is 28.8 Å². The Hall–Kier alpha value is -1.39. The van der Waals surface area contributed by atoms with Crippen molar-refractivity contribution in [2.24, 2.45) is 0 Å². The van der Waals surface area contributed by atoms with Gasteiger partial charge in [0.05, 0.1) is 12.1 Å². The number of thiophene rings is 1. The lowest BCUT2D eigenvalue weighted by Crippen LogP contribution is -2.30. The molecule has 0 fully saturated rings. The van der Waals surface area contributed by atoms with Gasteiger partial charge in [0.15, 0.2) is 0 Å². The summed E-state index contributed by atoms with van der Waals surface area (Å²) in [5, 5.41) is 2.31. The van der Waals surface area contributed by atoms with Crippen LogP contribution in [0, 0.1) is 5.82 Å². The summed E-state index contributed by atoms with van der Waals surface area (Å²) < 4.78 is 13.7. The number of rotatable bonds is 4. The molecule has 0 aliphatic heterocycles. The molecule has 0 spiro atoms. The first-order valence-corrected chi connectivity index (χ1v) is 7.14. The van der Waals surface area contributed by atoms with Crippen LogP contribution in [0.15, 0.2) is 35.7 Å². The van der Waals surface area contributed by atoms with Crippen LogP contribution in [0.3, 0.4) is 0 Å². The molecule has 0 N–H and O–H groups in total. The first kappa shape index (κ1) is 14.0. The lowest BCUT2D eigenvalue weighted by atomic mass is 10.2. The normalized spacial score (nSPS) is 10.5. The molecule has 0 saturated carbocycles. The molecular formula is C14H13ClFNOS. The zero-order valence-corrected chi connectivity index (χ0v) is 12.0. The maximum Gasteiger partial charge on any atom is 0.257 e. The summed E-state index contributed by atoms with van der Waals surface area (Å²) in [6.07, 6.45) is 0. The number of hydrogen-bond donors (Lipinski definition) is 0. The standard InChI is InChI=1S/C14H13ClFNOS/c1-2-17(9-11-4-3-7-19-11)14(18)12-8-10(15)5-6-13(12)16/h3-8H,2,9H2,1H3. The van der Waals surface area contributed by atoms with Crippen LogP contribution in [0.4, 0.5) is 4.39 Å². The van der Waals surface area contributed by atoms with E-state index in [1.165, 1.54) is 18.2 Å². The van der Waals surface area contributed by atoms with Gasteiger partial charge in [-0.05, 0) is 36.6 Å². The van der Waals surface area contributed by atoms with Crippen molar-refractivity contribution in [1.29, 1.82) is 0 Å². The van der Waals surface area contributed by atoms with Crippen LogP contribution in [-0.2, 0) is 6.54 Å². The highest BCUT2D eigenvalue weighted by molar-refractivity contribution is 7.09. The number of nitrogens with zero attached hydrogens (tertiary/aromatic N) is 1. The van der Waals surface area contributed by atoms with Crippen molar-refractivity contribution in [1.82, 2.24) is 4.90 Å². The first-order valence-electron chi connectivity index (χ1n) is 5.88. The molecule has 1 heterocycles. The molecule has 100 valence electrons. The Morgan fingerprint density at radius 3 is 2.84 bits per heavy atom. The van der Waals surface area contributed by atoms with E-state index >= 15 is 0 Å². The summed E-state index contributed by atoms with van der Waals surface area (Å²) in [7, 11) is 0. The zero-order chi connectivity index (χ0) is 13.8. The molecule has 1 amide bonds. The van der Waals surface area contributed by atoms with Crippen LogP contribution in [0.1, 0.15) is 22.2 Å². The molecule has 1 aromatic heterocycles. The minimum absolute atomic E-state index is 0.0194. The number of amides is 1. The van der Waals surface area contributed by atoms with Gasteiger partial charge in [0.2, 0.25) is 0 Å². The van der Waals surface area contributed by atoms with Crippen LogP contribution in [-0.4, -0.2) is 17.4 Å². The fourth-order valence-electron chi connectivity index (χ4n) is 1.75. The van der Waals surface area contributed by atoms with Crippen molar-refractivity contribution in [2.75, 3.05) is 6.54 Å². The maximum atomic E-state index is 13.7. The van der Waals surface area contributed by atoms with Gasteiger partial charge >= 0.3 is 0 Å². The van der Waals surface area contributed by atoms with E-state index in [1.807, 2.05) is 24.4 Å². The molecule has 19 heavy (non-hydrogen) atoms. The van der Waals surface area contributed by atoms with Crippen LogP contribution in [0.25, 0.3) is 0 Å². The quantitative estimate of drug-likeness (QED) is 0.828. The van der Waals surface area contributed by atoms with Gasteiger partial charge < -0.3 is 4.90 Å². The molecule has 0 saturated heterocycles. The van der Waals surface area contributed by atoms with E-state index < -0.39 is 5.82 Å². The summed E-state index contributed by atoms with van der Waals surface area (Å²) >= 11 is 7.39. The topological polar surface area (TPSA) is 20.3 Å². The van der Waals surface area contributed by atoms with Gasteiger partial charge in [-0.2, -0.15) is 0 Å². The van der Waals surface area contributed by atoms with Crippen LogP contribution >= 0.6 is 22.9 Å². The Labute approximate surface area is 120 Å². The Morgan fingerprint density at radius 2 is 2.21 bits per heavy atom. The molecule has 0 radical (unpaired) electrons. The van der Waals surface area contributed by atoms with Crippen molar-refractivity contribution in [3.8, 4) is 0 Å². The Morgan fingerprint density at radius 1 is 1.42 bits per heavy atom. The van der Waals surface area contributed by atoms with Crippen molar-refractivity contribution in [2.45, 2.75) is 13.5 Å². The van der Waals surface area contributed by atoms with E-state index in [2.05, 4.69) is 0 Å². The molecule has 2 rings (SSSR count). The fraction of sp³-hybridized carbons (Fsp3) is 0.214. The average Bonchev–Trinajstić information content (AvgIpc) is 2.91. The third-order valence-corrected chi connectivity index (χ3v) is 3.85. The third-order valence-electron chi connectivity index (χ3n) is 2.75. The molecule has 0 aliphatic carbocycles. The smallest absolute Gasteiger partial charge is 0.257 e. The second-order valence-electron chi connectivity index (χ2n) is 4.02. The van der Waals surface area contributed by atoms with Crippen LogP contribution in [0.5, 0.6) is 0 Å². The van der Waals surface area contributed by atoms with E-state index in [9.17, 15) is 9.18 Å². The van der Waals surface area contributed by atoms with Gasteiger partial charge in [-0.15, -0.1) is 11.3 Å². The van der Waals surface area contributed by atoms with Gasteiger partial charge in [-0.25, -0.2) is 4.39 Å². The van der Waals surface area contributed by atoms with E-state index in [0.29, 0.717) is 18.1 Å². The van der Waals surface area contributed by atoms with E-state index in [0.717, 1.165) is 4.88 Å². The lowest BCUT2D eigenvalue weighted by Gasteiger charge is -2.20. The van der Waals surface area contributed by atoms with Gasteiger partial charge in [0.1, 0.15) is 5.82 Å². The SMILES string of the molecule is CCN(Cc1cccs1)C(=O)c1cc(Cl)ccc1F. The third kappa shape index (κ3) is 3.33. The number of benzene rings is 1. The molecule has 0 bridgehead atoms. The minimum Gasteiger partial charge on any atom is -0.334 e. The van der Waals surface area contributed by atoms with Crippen molar-refractivity contribution in [3.05, 3.63) is 57.0 Å². The van der Waals surface area contributed by atoms with Crippen LogP contribution in [0.2, 0.25) is 5.02 Å². The van der Waals surface area contributed by atoms with Gasteiger partial charge in [-0.3, -0.25) is 4.79 Å². The summed E-state index contributed by atoms with van der Waals surface area (Å²) in [5.41, 5.74) is 0.0194. The first-order chi connectivity index (χ1) is 9.11. The Balaban J connectivity index is 2.23. The van der Waals surface area contributed by atoms with Gasteiger partial charge in [0, 0.05) is 16.4 Å². The summed E-state index contributed by atoms with van der Waals surface area (Å²) in [6, 6.07) is 7.90. The second-order valence-corrected chi connectivity index (χ2v) is 5.49. The maximum absolute atomic E-state index is 13.7. The lowest BCUT2D eigenvalue weighted by molar-refractivity contribution is 0.0749. The van der Waals surface area contributed by atoms with Gasteiger partial charge in [-0.1, -0.05) is 17.7 Å². The highest BCUT2D eigenvalue weighted by Gasteiger charge is 2.19. The molecule has 0 atom stereocenters. The highest BCUT2D eigenvalue weighted by Crippen LogP contribution is 2.19. The minimum atomic E-state index is -0.543. The molecule has 5 heteroatoms. The second kappa shape index (κ2) is 6.17. The molecule has 0 aliphatic rings. The summed E-state index contributed by atoms with van der Waals surface area (Å²) in [4.78, 5) is 15.0. The number of carbonyl (C=O) groups excluding carboxylic acids is 1.